The van der Waals surface area contributed by atoms with E-state index in [2.05, 4.69) is 5.32 Å². The Labute approximate surface area is 103 Å². The van der Waals surface area contributed by atoms with Gasteiger partial charge in [0.15, 0.2) is 0 Å². The van der Waals surface area contributed by atoms with E-state index in [1.807, 2.05) is 32.2 Å². The van der Waals surface area contributed by atoms with Gasteiger partial charge in [0.2, 0.25) is 0 Å². The zero-order valence-corrected chi connectivity index (χ0v) is 10.8. The highest BCUT2D eigenvalue weighted by Gasteiger charge is 2.05. The lowest BCUT2D eigenvalue weighted by molar-refractivity contribution is 0.110. The molecule has 1 rings (SSSR count). The Morgan fingerprint density at radius 3 is 2.71 bits per heavy atom. The maximum absolute atomic E-state index is 5.67. The maximum Gasteiger partial charge on any atom is 0.124 e. The van der Waals surface area contributed by atoms with Gasteiger partial charge in [0.1, 0.15) is 18.1 Å². The van der Waals surface area contributed by atoms with Gasteiger partial charge in [-0.05, 0) is 32.2 Å². The molecule has 96 valence electrons. The van der Waals surface area contributed by atoms with Crippen molar-refractivity contribution in [2.45, 2.75) is 13.5 Å². The predicted molar refractivity (Wildman–Crippen MR) is 67.7 cm³/mol. The minimum atomic E-state index is 0.566. The summed E-state index contributed by atoms with van der Waals surface area (Å²) in [7, 11) is 3.57. The molecule has 0 heterocycles. The van der Waals surface area contributed by atoms with Gasteiger partial charge in [-0.2, -0.15) is 0 Å². The zero-order valence-electron chi connectivity index (χ0n) is 10.8. The van der Waals surface area contributed by atoms with Crippen molar-refractivity contribution >= 4 is 0 Å². The normalized spacial score (nSPS) is 10.3. The first-order valence-electron chi connectivity index (χ1n) is 5.83. The number of methoxy groups -OCH3 is 1. The van der Waals surface area contributed by atoms with E-state index in [1.54, 1.807) is 7.11 Å². The average Bonchev–Trinajstić information content (AvgIpc) is 2.36. The van der Waals surface area contributed by atoms with Gasteiger partial charge in [0.25, 0.3) is 0 Å². The fraction of sp³-hybridized carbons (Fsp3) is 0.538. The summed E-state index contributed by atoms with van der Waals surface area (Å²) in [6.07, 6.45) is 0. The van der Waals surface area contributed by atoms with E-state index in [1.165, 1.54) is 0 Å². The summed E-state index contributed by atoms with van der Waals surface area (Å²) in [5, 5.41) is 3.11. The third-order valence-corrected chi connectivity index (χ3v) is 2.32. The van der Waals surface area contributed by atoms with Crippen molar-refractivity contribution in [3.05, 3.63) is 23.8 Å². The van der Waals surface area contributed by atoms with E-state index in [0.29, 0.717) is 13.2 Å². The van der Waals surface area contributed by atoms with E-state index >= 15 is 0 Å². The number of ether oxygens (including phenoxy) is 3. The van der Waals surface area contributed by atoms with Crippen LogP contribution in [-0.4, -0.2) is 34.0 Å². The Bertz CT molecular complexity index is 328. The van der Waals surface area contributed by atoms with Crippen molar-refractivity contribution in [3.8, 4) is 11.5 Å². The molecule has 0 amide bonds. The van der Waals surface area contributed by atoms with Gasteiger partial charge in [-0.25, -0.2) is 0 Å². The highest BCUT2D eigenvalue weighted by Crippen LogP contribution is 2.24. The minimum Gasteiger partial charge on any atom is -0.497 e. The molecule has 0 saturated carbocycles. The summed E-state index contributed by atoms with van der Waals surface area (Å²) < 4.78 is 16.1. The van der Waals surface area contributed by atoms with E-state index < -0.39 is 0 Å². The van der Waals surface area contributed by atoms with Crippen LogP contribution < -0.4 is 14.8 Å². The number of hydrogen-bond acceptors (Lipinski definition) is 4. The molecule has 0 unspecified atom stereocenters. The van der Waals surface area contributed by atoms with Gasteiger partial charge in [-0.3, -0.25) is 0 Å². The van der Waals surface area contributed by atoms with Crippen molar-refractivity contribution in [3.63, 3.8) is 0 Å². The molecule has 17 heavy (non-hydrogen) atoms. The topological polar surface area (TPSA) is 39.7 Å². The Kier molecular flexibility index (Phi) is 6.43. The van der Waals surface area contributed by atoms with Crippen LogP contribution >= 0.6 is 0 Å². The van der Waals surface area contributed by atoms with Crippen LogP contribution in [0.15, 0.2) is 18.2 Å². The van der Waals surface area contributed by atoms with Crippen molar-refractivity contribution < 1.29 is 14.2 Å². The number of benzene rings is 1. The minimum absolute atomic E-state index is 0.566. The summed E-state index contributed by atoms with van der Waals surface area (Å²) in [6.45, 7) is 4.62. The number of rotatable bonds is 8. The average molecular weight is 239 g/mol. The lowest BCUT2D eigenvalue weighted by atomic mass is 10.2. The predicted octanol–water partition coefficient (Wildman–Crippen LogP) is 1.83. The first-order chi connectivity index (χ1) is 8.31. The highest BCUT2D eigenvalue weighted by molar-refractivity contribution is 5.40. The van der Waals surface area contributed by atoms with Crippen LogP contribution in [0.5, 0.6) is 11.5 Å². The summed E-state index contributed by atoms with van der Waals surface area (Å²) in [5.41, 5.74) is 1.09. The van der Waals surface area contributed by atoms with Crippen LogP contribution in [0.4, 0.5) is 0 Å². The molecule has 0 saturated heterocycles. The number of nitrogens with one attached hydrogen (secondary N) is 1. The summed E-state index contributed by atoms with van der Waals surface area (Å²) in [4.78, 5) is 0. The molecule has 0 aromatic heterocycles. The summed E-state index contributed by atoms with van der Waals surface area (Å²) in [6, 6.07) is 5.80. The molecule has 1 aromatic rings. The second-order valence-corrected chi connectivity index (χ2v) is 3.55. The molecular weight excluding hydrogens is 218 g/mol. The van der Waals surface area contributed by atoms with E-state index in [-0.39, 0.29) is 0 Å². The van der Waals surface area contributed by atoms with Crippen LogP contribution in [0.2, 0.25) is 0 Å². The van der Waals surface area contributed by atoms with Gasteiger partial charge in [0, 0.05) is 18.7 Å². The second-order valence-electron chi connectivity index (χ2n) is 3.55. The molecule has 0 atom stereocenters. The second kappa shape index (κ2) is 7.92. The van der Waals surface area contributed by atoms with Crippen molar-refractivity contribution in [1.82, 2.24) is 5.32 Å². The molecular formula is C13H21NO3. The fourth-order valence-electron chi connectivity index (χ4n) is 1.51. The fourth-order valence-corrected chi connectivity index (χ4v) is 1.51. The summed E-state index contributed by atoms with van der Waals surface area (Å²) in [5.74, 6) is 1.72. The van der Waals surface area contributed by atoms with Gasteiger partial charge in [-0.1, -0.05) is 0 Å². The maximum atomic E-state index is 5.67. The zero-order chi connectivity index (χ0) is 12.5. The molecule has 0 aliphatic heterocycles. The molecule has 1 aromatic carbocycles. The Balaban J connectivity index is 2.62. The standard InChI is InChI=1S/C13H21NO3/c1-4-16-7-8-17-13-6-5-12(15-3)9-11(13)10-14-2/h5-6,9,14H,4,7-8,10H2,1-3H3. The summed E-state index contributed by atoms with van der Waals surface area (Å²) >= 11 is 0. The van der Waals surface area contributed by atoms with Crippen LogP contribution in [0, 0.1) is 0 Å². The van der Waals surface area contributed by atoms with E-state index in [4.69, 9.17) is 14.2 Å². The number of hydrogen-bond donors (Lipinski definition) is 1. The quantitative estimate of drug-likeness (QED) is 0.703. The van der Waals surface area contributed by atoms with Crippen LogP contribution in [-0.2, 0) is 11.3 Å². The van der Waals surface area contributed by atoms with Gasteiger partial charge in [-0.15, -0.1) is 0 Å². The monoisotopic (exact) mass is 239 g/mol. The lowest BCUT2D eigenvalue weighted by Gasteiger charge is -2.12. The lowest BCUT2D eigenvalue weighted by Crippen LogP contribution is -2.11. The third kappa shape index (κ3) is 4.63. The van der Waals surface area contributed by atoms with E-state index in [9.17, 15) is 0 Å². The molecule has 0 spiro atoms. The smallest absolute Gasteiger partial charge is 0.124 e. The van der Waals surface area contributed by atoms with Crippen molar-refractivity contribution in [2.75, 3.05) is 34.0 Å². The molecule has 0 aliphatic rings. The van der Waals surface area contributed by atoms with Crippen LogP contribution in [0.1, 0.15) is 12.5 Å². The Hall–Kier alpha value is -1.26. The van der Waals surface area contributed by atoms with Crippen molar-refractivity contribution in [1.29, 1.82) is 0 Å². The molecule has 4 heteroatoms. The molecule has 4 nitrogen and oxygen atoms in total. The van der Waals surface area contributed by atoms with Crippen LogP contribution in [0.3, 0.4) is 0 Å². The van der Waals surface area contributed by atoms with Gasteiger partial charge >= 0.3 is 0 Å². The molecule has 0 radical (unpaired) electrons. The highest BCUT2D eigenvalue weighted by atomic mass is 16.5. The molecule has 0 bridgehead atoms. The third-order valence-electron chi connectivity index (χ3n) is 2.32. The Morgan fingerprint density at radius 1 is 1.24 bits per heavy atom. The largest absolute Gasteiger partial charge is 0.497 e. The Morgan fingerprint density at radius 2 is 2.06 bits per heavy atom. The van der Waals surface area contributed by atoms with Crippen molar-refractivity contribution in [2.24, 2.45) is 0 Å². The molecule has 1 N–H and O–H groups in total. The molecule has 0 fully saturated rings. The van der Waals surface area contributed by atoms with E-state index in [0.717, 1.165) is 30.2 Å². The first-order valence-corrected chi connectivity index (χ1v) is 5.83. The SMILES string of the molecule is CCOCCOc1ccc(OC)cc1CNC. The molecule has 0 aliphatic carbocycles. The van der Waals surface area contributed by atoms with Gasteiger partial charge in [0.05, 0.1) is 13.7 Å². The first kappa shape index (κ1) is 13.8. The van der Waals surface area contributed by atoms with Crippen LogP contribution in [0.25, 0.3) is 0 Å². The van der Waals surface area contributed by atoms with Gasteiger partial charge < -0.3 is 19.5 Å².